The fourth-order valence-electron chi connectivity index (χ4n) is 1.12. The van der Waals surface area contributed by atoms with Gasteiger partial charge in [0.2, 0.25) is 0 Å². The molecule has 0 aromatic carbocycles. The van der Waals surface area contributed by atoms with Gasteiger partial charge in [-0.05, 0) is 13.3 Å². The Bertz CT molecular complexity index is 257. The molecule has 0 saturated heterocycles. The summed E-state index contributed by atoms with van der Waals surface area (Å²) in [5.74, 6) is 1.49. The van der Waals surface area contributed by atoms with E-state index in [-0.39, 0.29) is 0 Å². The van der Waals surface area contributed by atoms with Crippen LogP contribution in [-0.2, 0) is 7.05 Å². The minimum atomic E-state index is -0.471. The number of nitrogens with zero attached hydrogens (tertiary/aromatic N) is 3. The topological polar surface area (TPSA) is 50.9 Å². The van der Waals surface area contributed by atoms with Crippen LogP contribution in [0.2, 0.25) is 0 Å². The summed E-state index contributed by atoms with van der Waals surface area (Å²) in [6.07, 6.45) is 1.22. The van der Waals surface area contributed by atoms with Gasteiger partial charge in [0.15, 0.2) is 5.82 Å². The van der Waals surface area contributed by atoms with Gasteiger partial charge in [-0.25, -0.2) is 0 Å². The first kappa shape index (κ1) is 9.19. The van der Waals surface area contributed by atoms with Gasteiger partial charge in [0, 0.05) is 7.05 Å². The summed E-state index contributed by atoms with van der Waals surface area (Å²) in [6.45, 7) is 3.90. The van der Waals surface area contributed by atoms with Crippen LogP contribution in [0.3, 0.4) is 0 Å². The van der Waals surface area contributed by atoms with Gasteiger partial charge in [-0.1, -0.05) is 13.3 Å². The van der Waals surface area contributed by atoms with E-state index >= 15 is 0 Å². The molecule has 1 aromatic heterocycles. The summed E-state index contributed by atoms with van der Waals surface area (Å²) in [7, 11) is 1.86. The molecule has 1 heterocycles. The molecular formula is C8H15N3O. The lowest BCUT2D eigenvalue weighted by atomic mass is 10.2. The Balaban J connectivity index is 2.80. The van der Waals surface area contributed by atoms with Crippen LogP contribution in [0.5, 0.6) is 0 Å². The zero-order valence-electron chi connectivity index (χ0n) is 7.78. The second kappa shape index (κ2) is 3.67. The second-order valence-electron chi connectivity index (χ2n) is 2.97. The van der Waals surface area contributed by atoms with Gasteiger partial charge in [-0.15, -0.1) is 10.2 Å². The Morgan fingerprint density at radius 1 is 1.50 bits per heavy atom. The van der Waals surface area contributed by atoms with Gasteiger partial charge >= 0.3 is 0 Å². The predicted molar refractivity (Wildman–Crippen MR) is 45.6 cm³/mol. The lowest BCUT2D eigenvalue weighted by Gasteiger charge is -2.07. The Morgan fingerprint density at radius 2 is 2.17 bits per heavy atom. The molecule has 0 amide bonds. The van der Waals surface area contributed by atoms with Crippen molar-refractivity contribution in [3.8, 4) is 0 Å². The van der Waals surface area contributed by atoms with Crippen molar-refractivity contribution in [2.75, 3.05) is 0 Å². The molecule has 68 valence electrons. The third kappa shape index (κ3) is 1.64. The van der Waals surface area contributed by atoms with Crippen molar-refractivity contribution in [2.45, 2.75) is 32.8 Å². The summed E-state index contributed by atoms with van der Waals surface area (Å²) in [6, 6.07) is 0. The zero-order chi connectivity index (χ0) is 9.14. The van der Waals surface area contributed by atoms with Crippen LogP contribution >= 0.6 is 0 Å². The summed E-state index contributed by atoms with van der Waals surface area (Å²) in [5, 5.41) is 17.4. The minimum absolute atomic E-state index is 0.471. The van der Waals surface area contributed by atoms with Crippen molar-refractivity contribution in [3.05, 3.63) is 11.6 Å². The van der Waals surface area contributed by atoms with E-state index in [1.54, 1.807) is 0 Å². The van der Waals surface area contributed by atoms with Crippen molar-refractivity contribution in [2.24, 2.45) is 7.05 Å². The number of hydrogen-bond acceptors (Lipinski definition) is 3. The van der Waals surface area contributed by atoms with Gasteiger partial charge in [0.1, 0.15) is 11.9 Å². The van der Waals surface area contributed by atoms with Crippen LogP contribution in [0.15, 0.2) is 0 Å². The number of aryl methyl sites for hydroxylation is 1. The van der Waals surface area contributed by atoms with Crippen LogP contribution in [0.4, 0.5) is 0 Å². The maximum absolute atomic E-state index is 9.59. The van der Waals surface area contributed by atoms with E-state index in [9.17, 15) is 5.11 Å². The normalized spacial score (nSPS) is 13.3. The van der Waals surface area contributed by atoms with E-state index < -0.39 is 6.10 Å². The molecule has 4 nitrogen and oxygen atoms in total. The van der Waals surface area contributed by atoms with Crippen LogP contribution < -0.4 is 0 Å². The molecule has 0 fully saturated rings. The number of aliphatic hydroxyl groups is 1. The fraction of sp³-hybridized carbons (Fsp3) is 0.750. The first-order valence-corrected chi connectivity index (χ1v) is 4.20. The van der Waals surface area contributed by atoms with E-state index in [0.717, 1.165) is 18.7 Å². The number of aromatic nitrogens is 3. The number of hydrogen-bond donors (Lipinski definition) is 1. The molecule has 1 unspecified atom stereocenters. The Kier molecular flexibility index (Phi) is 2.81. The molecule has 1 N–H and O–H groups in total. The van der Waals surface area contributed by atoms with Gasteiger partial charge in [0.05, 0.1) is 0 Å². The van der Waals surface area contributed by atoms with E-state index in [1.165, 1.54) is 0 Å². The Morgan fingerprint density at radius 3 is 2.58 bits per heavy atom. The first-order valence-electron chi connectivity index (χ1n) is 4.20. The molecule has 1 atom stereocenters. The highest BCUT2D eigenvalue weighted by molar-refractivity contribution is 4.95. The van der Waals surface area contributed by atoms with Crippen LogP contribution in [0.1, 0.15) is 37.5 Å². The SMILES string of the molecule is CCCC(O)c1nnc(C)n1C. The first-order chi connectivity index (χ1) is 5.66. The molecule has 0 aliphatic carbocycles. The van der Waals surface area contributed by atoms with Gasteiger partial charge in [-0.3, -0.25) is 0 Å². The molecule has 0 saturated carbocycles. The summed E-state index contributed by atoms with van der Waals surface area (Å²) < 4.78 is 1.82. The summed E-state index contributed by atoms with van der Waals surface area (Å²) in [5.41, 5.74) is 0. The van der Waals surface area contributed by atoms with E-state index in [2.05, 4.69) is 10.2 Å². The molecule has 0 bridgehead atoms. The van der Waals surface area contributed by atoms with E-state index in [0.29, 0.717) is 5.82 Å². The quantitative estimate of drug-likeness (QED) is 0.733. The molecule has 0 spiro atoms. The minimum Gasteiger partial charge on any atom is -0.385 e. The maximum Gasteiger partial charge on any atom is 0.161 e. The third-order valence-corrected chi connectivity index (χ3v) is 1.99. The largest absolute Gasteiger partial charge is 0.385 e. The van der Waals surface area contributed by atoms with E-state index in [1.807, 2.05) is 25.5 Å². The number of aliphatic hydroxyl groups excluding tert-OH is 1. The van der Waals surface area contributed by atoms with Crippen molar-refractivity contribution in [1.82, 2.24) is 14.8 Å². The third-order valence-electron chi connectivity index (χ3n) is 1.99. The van der Waals surface area contributed by atoms with E-state index in [4.69, 9.17) is 0 Å². The fourth-order valence-corrected chi connectivity index (χ4v) is 1.12. The van der Waals surface area contributed by atoms with Crippen LogP contribution in [0, 0.1) is 6.92 Å². The number of rotatable bonds is 3. The molecule has 12 heavy (non-hydrogen) atoms. The predicted octanol–water partition coefficient (Wildman–Crippen LogP) is 0.957. The van der Waals surface area contributed by atoms with Crippen LogP contribution in [-0.4, -0.2) is 19.9 Å². The maximum atomic E-state index is 9.59. The standard InChI is InChI=1S/C8H15N3O/c1-4-5-7(12)8-10-9-6(2)11(8)3/h7,12H,4-5H2,1-3H3. The Hall–Kier alpha value is -0.900. The molecule has 0 aliphatic rings. The van der Waals surface area contributed by atoms with Crippen LogP contribution in [0.25, 0.3) is 0 Å². The molecule has 4 heteroatoms. The highest BCUT2D eigenvalue weighted by Gasteiger charge is 2.13. The van der Waals surface area contributed by atoms with Crippen molar-refractivity contribution >= 4 is 0 Å². The van der Waals surface area contributed by atoms with Gasteiger partial charge in [0.25, 0.3) is 0 Å². The van der Waals surface area contributed by atoms with Gasteiger partial charge in [-0.2, -0.15) is 0 Å². The van der Waals surface area contributed by atoms with Gasteiger partial charge < -0.3 is 9.67 Å². The zero-order valence-corrected chi connectivity index (χ0v) is 7.78. The Labute approximate surface area is 72.2 Å². The smallest absolute Gasteiger partial charge is 0.161 e. The highest BCUT2D eigenvalue weighted by atomic mass is 16.3. The lowest BCUT2D eigenvalue weighted by molar-refractivity contribution is 0.153. The average molecular weight is 169 g/mol. The molecule has 0 aliphatic heterocycles. The van der Waals surface area contributed by atoms with Crippen molar-refractivity contribution in [1.29, 1.82) is 0 Å². The molecular weight excluding hydrogens is 154 g/mol. The monoisotopic (exact) mass is 169 g/mol. The average Bonchev–Trinajstić information content (AvgIpc) is 2.34. The molecule has 0 radical (unpaired) electrons. The summed E-state index contributed by atoms with van der Waals surface area (Å²) in [4.78, 5) is 0. The second-order valence-corrected chi connectivity index (χ2v) is 2.97. The van der Waals surface area contributed by atoms with Crippen molar-refractivity contribution in [3.63, 3.8) is 0 Å². The lowest BCUT2D eigenvalue weighted by Crippen LogP contribution is -2.06. The highest BCUT2D eigenvalue weighted by Crippen LogP contribution is 2.15. The van der Waals surface area contributed by atoms with Crippen molar-refractivity contribution < 1.29 is 5.11 Å². The summed E-state index contributed by atoms with van der Waals surface area (Å²) >= 11 is 0. The molecule has 1 rings (SSSR count). The molecule has 1 aromatic rings.